The Bertz CT molecular complexity index is 1090. The topological polar surface area (TPSA) is 91.0 Å². The molecule has 32 heavy (non-hydrogen) atoms. The molecule has 2 aliphatic rings. The average molecular weight is 438 g/mol. The normalized spacial score (nSPS) is 19.9. The first-order valence-corrected chi connectivity index (χ1v) is 10.1. The van der Waals surface area contributed by atoms with Gasteiger partial charge in [-0.15, -0.1) is 0 Å². The highest BCUT2D eigenvalue weighted by Crippen LogP contribution is 2.29. The molecule has 0 aromatic heterocycles. The number of fused-ring (bicyclic) bond motifs is 1. The van der Waals surface area contributed by atoms with Crippen LogP contribution in [0.4, 0.5) is 14.9 Å². The zero-order valence-electron chi connectivity index (χ0n) is 17.7. The van der Waals surface area contributed by atoms with E-state index in [9.17, 15) is 18.8 Å². The Hall–Kier alpha value is -3.88. The molecule has 0 radical (unpaired) electrons. The number of ether oxygens (including phenoxy) is 1. The van der Waals surface area contributed by atoms with Gasteiger partial charge in [0.05, 0.1) is 24.4 Å². The number of likely N-dealkylation sites (N-methyl/N-ethyl adjacent to an activating group) is 1. The van der Waals surface area contributed by atoms with Crippen molar-refractivity contribution in [2.24, 2.45) is 0 Å². The summed E-state index contributed by atoms with van der Waals surface area (Å²) in [5.41, 5.74) is 1.52. The molecule has 0 saturated carbocycles. The van der Waals surface area contributed by atoms with Gasteiger partial charge in [-0.3, -0.25) is 9.59 Å². The van der Waals surface area contributed by atoms with Gasteiger partial charge in [0.2, 0.25) is 0 Å². The summed E-state index contributed by atoms with van der Waals surface area (Å²) in [6.45, 7) is 0.362. The van der Waals surface area contributed by atoms with E-state index < -0.39 is 29.8 Å². The minimum absolute atomic E-state index is 0.260. The number of anilines is 1. The summed E-state index contributed by atoms with van der Waals surface area (Å²) in [6, 6.07) is 10.4. The first-order valence-electron chi connectivity index (χ1n) is 10.1. The van der Waals surface area contributed by atoms with Crippen molar-refractivity contribution in [2.75, 3.05) is 25.6 Å². The van der Waals surface area contributed by atoms with Gasteiger partial charge in [0, 0.05) is 19.8 Å². The smallest absolute Gasteiger partial charge is 0.329 e. The molecule has 2 aliphatic heterocycles. The molecule has 9 heteroatoms. The molecule has 2 N–H and O–H groups in total. The molecule has 0 bridgehead atoms. The van der Waals surface area contributed by atoms with Crippen molar-refractivity contribution >= 4 is 23.5 Å². The highest BCUT2D eigenvalue weighted by molar-refractivity contribution is 6.19. The quantitative estimate of drug-likeness (QED) is 0.718. The second-order valence-electron chi connectivity index (χ2n) is 7.59. The van der Waals surface area contributed by atoms with Crippen LogP contribution in [-0.4, -0.2) is 55.5 Å². The van der Waals surface area contributed by atoms with E-state index in [-0.39, 0.29) is 11.6 Å². The Balaban J connectivity index is 1.44. The van der Waals surface area contributed by atoms with Crippen LogP contribution in [0.5, 0.6) is 5.75 Å². The van der Waals surface area contributed by atoms with Crippen molar-refractivity contribution in [1.82, 2.24) is 15.5 Å². The van der Waals surface area contributed by atoms with Gasteiger partial charge < -0.3 is 20.3 Å². The molecule has 2 aromatic rings. The van der Waals surface area contributed by atoms with Crippen LogP contribution in [0.25, 0.3) is 0 Å². The van der Waals surface area contributed by atoms with Crippen LogP contribution in [0.3, 0.4) is 0 Å². The van der Waals surface area contributed by atoms with Gasteiger partial charge in [-0.25, -0.2) is 14.1 Å². The molecule has 2 atom stereocenters. The van der Waals surface area contributed by atoms with Gasteiger partial charge in [-0.2, -0.15) is 0 Å². The van der Waals surface area contributed by atoms with E-state index in [1.165, 1.54) is 24.3 Å². The number of urea groups is 1. The summed E-state index contributed by atoms with van der Waals surface area (Å²) in [5, 5.41) is 5.59. The second-order valence-corrected chi connectivity index (χ2v) is 7.59. The largest absolute Gasteiger partial charge is 0.496 e. The number of carbonyl (C=O) groups is 3. The fourth-order valence-corrected chi connectivity index (χ4v) is 4.05. The summed E-state index contributed by atoms with van der Waals surface area (Å²) in [6.07, 6.45) is 2.14. The minimum atomic E-state index is -0.775. The number of para-hydroxylation sites is 1. The molecule has 4 amide bonds. The van der Waals surface area contributed by atoms with Crippen LogP contribution in [0.1, 0.15) is 5.56 Å². The molecule has 2 aromatic carbocycles. The monoisotopic (exact) mass is 438 g/mol. The lowest BCUT2D eigenvalue weighted by Crippen LogP contribution is -2.65. The van der Waals surface area contributed by atoms with E-state index >= 15 is 0 Å². The predicted octanol–water partition coefficient (Wildman–Crippen LogP) is 1.82. The zero-order chi connectivity index (χ0) is 22.8. The number of hydrogen-bond acceptors (Lipinski definition) is 5. The van der Waals surface area contributed by atoms with E-state index in [1.54, 1.807) is 25.3 Å². The number of imide groups is 1. The molecule has 2 unspecified atom stereocenters. The molecule has 1 fully saturated rings. The van der Waals surface area contributed by atoms with Crippen molar-refractivity contribution in [3.8, 4) is 5.75 Å². The number of nitrogens with one attached hydrogen (secondary N) is 2. The maximum Gasteiger partial charge on any atom is 0.329 e. The van der Waals surface area contributed by atoms with Gasteiger partial charge in [0.25, 0.3) is 11.8 Å². The lowest BCUT2D eigenvalue weighted by molar-refractivity contribution is -0.122. The van der Waals surface area contributed by atoms with Gasteiger partial charge in [-0.1, -0.05) is 18.2 Å². The Morgan fingerprint density at radius 3 is 2.59 bits per heavy atom. The number of hydrogen-bond donors (Lipinski definition) is 2. The Morgan fingerprint density at radius 2 is 1.88 bits per heavy atom. The molecule has 166 valence electrons. The zero-order valence-corrected chi connectivity index (χ0v) is 17.7. The Labute approximate surface area is 184 Å². The van der Waals surface area contributed by atoms with E-state index in [0.717, 1.165) is 16.2 Å². The van der Waals surface area contributed by atoms with E-state index in [2.05, 4.69) is 10.6 Å². The first kappa shape index (κ1) is 21.4. The molecule has 8 nitrogen and oxygen atoms in total. The second kappa shape index (κ2) is 8.70. The average Bonchev–Trinajstić information content (AvgIpc) is 3.11. The maximum absolute atomic E-state index is 13.2. The van der Waals surface area contributed by atoms with Crippen molar-refractivity contribution in [3.05, 3.63) is 71.7 Å². The van der Waals surface area contributed by atoms with Crippen LogP contribution in [0, 0.1) is 5.82 Å². The van der Waals surface area contributed by atoms with E-state index in [1.807, 2.05) is 24.3 Å². The number of rotatable bonds is 6. The van der Waals surface area contributed by atoms with Gasteiger partial charge in [0.15, 0.2) is 0 Å². The van der Waals surface area contributed by atoms with E-state index in [0.29, 0.717) is 18.5 Å². The maximum atomic E-state index is 13.2. The molecular weight excluding hydrogens is 415 g/mol. The fourth-order valence-electron chi connectivity index (χ4n) is 4.05. The third kappa shape index (κ3) is 3.89. The minimum Gasteiger partial charge on any atom is -0.496 e. The number of halogens is 1. The van der Waals surface area contributed by atoms with Crippen LogP contribution in [-0.2, 0) is 16.0 Å². The molecule has 4 rings (SSSR count). The standard InChI is InChI=1S/C23H23FN4O4/c1-27-13-17(21(29)25-12-11-14-5-3-4-6-18(14)32-2)19-20(27)22(30)28(23(31)26-19)16-9-7-15(24)8-10-16/h3-10,13,19-20H,11-12H2,1-2H3,(H,25,29)(H,26,31). The van der Waals surface area contributed by atoms with Gasteiger partial charge >= 0.3 is 6.03 Å². The van der Waals surface area contributed by atoms with Crippen LogP contribution in [0.2, 0.25) is 0 Å². The summed E-state index contributed by atoms with van der Waals surface area (Å²) < 4.78 is 18.6. The van der Waals surface area contributed by atoms with Crippen molar-refractivity contribution in [3.63, 3.8) is 0 Å². The summed E-state index contributed by atoms with van der Waals surface area (Å²) in [7, 11) is 3.26. The van der Waals surface area contributed by atoms with Crippen molar-refractivity contribution < 1.29 is 23.5 Å². The molecule has 1 saturated heterocycles. The molecule has 2 heterocycles. The number of methoxy groups -OCH3 is 1. The van der Waals surface area contributed by atoms with E-state index in [4.69, 9.17) is 4.74 Å². The highest BCUT2D eigenvalue weighted by Gasteiger charge is 2.49. The third-order valence-corrected chi connectivity index (χ3v) is 5.61. The van der Waals surface area contributed by atoms with Gasteiger partial charge in [0.1, 0.15) is 17.6 Å². The SMILES string of the molecule is COc1ccccc1CCNC(=O)C1=CN(C)C2C(=O)N(c3ccc(F)cc3)C(=O)NC12. The summed E-state index contributed by atoms with van der Waals surface area (Å²) in [5.74, 6) is -0.570. The van der Waals surface area contributed by atoms with Crippen LogP contribution >= 0.6 is 0 Å². The Kier molecular flexibility index (Phi) is 5.81. The van der Waals surface area contributed by atoms with Gasteiger partial charge in [-0.05, 0) is 42.3 Å². The lowest BCUT2D eigenvalue weighted by atomic mass is 9.99. The summed E-state index contributed by atoms with van der Waals surface area (Å²) in [4.78, 5) is 41.2. The number of amides is 4. The lowest BCUT2D eigenvalue weighted by Gasteiger charge is -2.37. The predicted molar refractivity (Wildman–Crippen MR) is 116 cm³/mol. The molecular formula is C23H23FN4O4. The van der Waals surface area contributed by atoms with Crippen molar-refractivity contribution in [2.45, 2.75) is 18.5 Å². The van der Waals surface area contributed by atoms with Crippen molar-refractivity contribution in [1.29, 1.82) is 0 Å². The van der Waals surface area contributed by atoms with Crippen LogP contribution < -0.4 is 20.3 Å². The third-order valence-electron chi connectivity index (χ3n) is 5.61. The first-order chi connectivity index (χ1) is 15.4. The summed E-state index contributed by atoms with van der Waals surface area (Å²) >= 11 is 0. The molecule has 0 spiro atoms. The highest BCUT2D eigenvalue weighted by atomic mass is 19.1. The molecule has 0 aliphatic carbocycles. The Morgan fingerprint density at radius 1 is 1.16 bits per heavy atom. The number of nitrogens with zero attached hydrogens (tertiary/aromatic N) is 2. The van der Waals surface area contributed by atoms with Crippen LogP contribution in [0.15, 0.2) is 60.3 Å². The number of carbonyl (C=O) groups excluding carboxylic acids is 3. The number of benzene rings is 2. The fraction of sp³-hybridized carbons (Fsp3) is 0.261.